The molecule has 3 rings (SSSR count). The second kappa shape index (κ2) is 7.77. The maximum atomic E-state index is 12.5. The molecule has 0 radical (unpaired) electrons. The zero-order chi connectivity index (χ0) is 16.9. The van der Waals surface area contributed by atoms with Gasteiger partial charge in [0, 0.05) is 32.2 Å². The van der Waals surface area contributed by atoms with Crippen molar-refractivity contribution in [1.82, 2.24) is 15.1 Å². The minimum Gasteiger partial charge on any atom is -0.352 e. The molecule has 1 atom stereocenters. The molecule has 2 fully saturated rings. The SMILES string of the molecule is NC(Cc1ccccc1)C(=O)N1CCN(CC(=O)NC2CC2)CC1. The third-order valence-corrected chi connectivity index (χ3v) is 4.61. The fraction of sp³-hybridized carbons (Fsp3) is 0.556. The summed E-state index contributed by atoms with van der Waals surface area (Å²) in [5.74, 6) is 0.0963. The van der Waals surface area contributed by atoms with Gasteiger partial charge < -0.3 is 16.0 Å². The van der Waals surface area contributed by atoms with Gasteiger partial charge in [-0.3, -0.25) is 14.5 Å². The highest BCUT2D eigenvalue weighted by Gasteiger charge is 2.28. The Bertz CT molecular complexity index is 566. The normalized spacial score (nSPS) is 19.8. The summed E-state index contributed by atoms with van der Waals surface area (Å²) in [5, 5.41) is 3.00. The van der Waals surface area contributed by atoms with E-state index in [1.165, 1.54) is 0 Å². The van der Waals surface area contributed by atoms with Crippen molar-refractivity contribution >= 4 is 11.8 Å². The molecule has 2 aliphatic rings. The van der Waals surface area contributed by atoms with Gasteiger partial charge in [0.2, 0.25) is 11.8 Å². The quantitative estimate of drug-likeness (QED) is 0.768. The van der Waals surface area contributed by atoms with Crippen molar-refractivity contribution in [2.75, 3.05) is 32.7 Å². The predicted molar refractivity (Wildman–Crippen MR) is 92.3 cm³/mol. The second-order valence-corrected chi connectivity index (χ2v) is 6.74. The number of hydrogen-bond donors (Lipinski definition) is 2. The highest BCUT2D eigenvalue weighted by atomic mass is 16.2. The summed E-state index contributed by atoms with van der Waals surface area (Å²) in [6.07, 6.45) is 2.77. The average molecular weight is 330 g/mol. The van der Waals surface area contributed by atoms with E-state index in [9.17, 15) is 9.59 Å². The summed E-state index contributed by atoms with van der Waals surface area (Å²) in [6.45, 7) is 3.15. The number of rotatable bonds is 6. The van der Waals surface area contributed by atoms with Crippen LogP contribution in [0.4, 0.5) is 0 Å². The number of carbonyl (C=O) groups excluding carboxylic acids is 2. The van der Waals surface area contributed by atoms with Crippen LogP contribution in [-0.2, 0) is 16.0 Å². The highest BCUT2D eigenvalue weighted by molar-refractivity contribution is 5.82. The van der Waals surface area contributed by atoms with Gasteiger partial charge in [-0.2, -0.15) is 0 Å². The molecule has 1 heterocycles. The Morgan fingerprint density at radius 3 is 2.42 bits per heavy atom. The molecular weight excluding hydrogens is 304 g/mol. The average Bonchev–Trinajstić information content (AvgIpc) is 3.39. The third kappa shape index (κ3) is 4.79. The lowest BCUT2D eigenvalue weighted by Gasteiger charge is -2.35. The topological polar surface area (TPSA) is 78.7 Å². The molecule has 1 aliphatic carbocycles. The Morgan fingerprint density at radius 2 is 1.79 bits per heavy atom. The minimum absolute atomic E-state index is 0.000866. The first-order chi connectivity index (χ1) is 11.6. The lowest BCUT2D eigenvalue weighted by molar-refractivity contribution is -0.134. The van der Waals surface area contributed by atoms with Crippen LogP contribution in [0, 0.1) is 0 Å². The molecule has 1 saturated heterocycles. The molecule has 3 N–H and O–H groups in total. The molecule has 1 aromatic rings. The molecule has 0 aromatic heterocycles. The first-order valence-electron chi connectivity index (χ1n) is 8.72. The Morgan fingerprint density at radius 1 is 1.12 bits per heavy atom. The summed E-state index contributed by atoms with van der Waals surface area (Å²) in [5.41, 5.74) is 7.17. The Labute approximate surface area is 143 Å². The van der Waals surface area contributed by atoms with Gasteiger partial charge in [-0.25, -0.2) is 0 Å². The molecule has 6 heteroatoms. The van der Waals surface area contributed by atoms with E-state index in [2.05, 4.69) is 10.2 Å². The van der Waals surface area contributed by atoms with Crippen LogP contribution in [0.15, 0.2) is 30.3 Å². The summed E-state index contributed by atoms with van der Waals surface area (Å²) < 4.78 is 0. The predicted octanol–water partition coefficient (Wildman–Crippen LogP) is -0.0208. The molecule has 1 aliphatic heterocycles. The largest absolute Gasteiger partial charge is 0.352 e. The van der Waals surface area contributed by atoms with Gasteiger partial charge >= 0.3 is 0 Å². The maximum Gasteiger partial charge on any atom is 0.239 e. The molecule has 130 valence electrons. The van der Waals surface area contributed by atoms with Crippen LogP contribution in [0.2, 0.25) is 0 Å². The lowest BCUT2D eigenvalue weighted by atomic mass is 10.1. The van der Waals surface area contributed by atoms with Gasteiger partial charge in [-0.05, 0) is 24.8 Å². The number of carbonyl (C=O) groups is 2. The van der Waals surface area contributed by atoms with Crippen LogP contribution in [0.25, 0.3) is 0 Å². The summed E-state index contributed by atoms with van der Waals surface area (Å²) in [7, 11) is 0. The van der Waals surface area contributed by atoms with Crippen molar-refractivity contribution in [3.05, 3.63) is 35.9 Å². The summed E-state index contributed by atoms with van der Waals surface area (Å²) in [6, 6.07) is 9.74. The van der Waals surface area contributed by atoms with E-state index in [0.717, 1.165) is 31.5 Å². The first kappa shape index (κ1) is 16.9. The van der Waals surface area contributed by atoms with E-state index in [1.54, 1.807) is 0 Å². The molecule has 24 heavy (non-hydrogen) atoms. The first-order valence-corrected chi connectivity index (χ1v) is 8.72. The van der Waals surface area contributed by atoms with E-state index in [1.807, 2.05) is 35.2 Å². The number of amides is 2. The number of hydrogen-bond acceptors (Lipinski definition) is 4. The molecule has 6 nitrogen and oxygen atoms in total. The monoisotopic (exact) mass is 330 g/mol. The van der Waals surface area contributed by atoms with Gasteiger partial charge in [-0.15, -0.1) is 0 Å². The van der Waals surface area contributed by atoms with E-state index >= 15 is 0 Å². The van der Waals surface area contributed by atoms with Crippen LogP contribution >= 0.6 is 0 Å². The number of nitrogens with one attached hydrogen (secondary N) is 1. The lowest BCUT2D eigenvalue weighted by Crippen LogP contribution is -2.55. The smallest absolute Gasteiger partial charge is 0.239 e. The zero-order valence-electron chi connectivity index (χ0n) is 14.0. The number of piperazine rings is 1. The minimum atomic E-state index is -0.503. The highest BCUT2D eigenvalue weighted by Crippen LogP contribution is 2.18. The van der Waals surface area contributed by atoms with Gasteiger partial charge in [0.15, 0.2) is 0 Å². The van der Waals surface area contributed by atoms with E-state index in [-0.39, 0.29) is 11.8 Å². The van der Waals surface area contributed by atoms with Crippen molar-refractivity contribution in [2.24, 2.45) is 5.73 Å². The number of benzene rings is 1. The van der Waals surface area contributed by atoms with Crippen molar-refractivity contribution in [2.45, 2.75) is 31.3 Å². The number of nitrogens with zero attached hydrogens (tertiary/aromatic N) is 2. The Hall–Kier alpha value is -1.92. The van der Waals surface area contributed by atoms with Crippen molar-refractivity contribution < 1.29 is 9.59 Å². The number of nitrogens with two attached hydrogens (primary N) is 1. The fourth-order valence-corrected chi connectivity index (χ4v) is 3.02. The standard InChI is InChI=1S/C18H26N4O2/c19-16(12-14-4-2-1-3-5-14)18(24)22-10-8-21(9-11-22)13-17(23)20-15-6-7-15/h1-5,15-16H,6-13,19H2,(H,20,23). The van der Waals surface area contributed by atoms with Gasteiger partial charge in [0.05, 0.1) is 12.6 Å². The van der Waals surface area contributed by atoms with Crippen LogP contribution in [0.5, 0.6) is 0 Å². The maximum absolute atomic E-state index is 12.5. The molecule has 2 amide bonds. The van der Waals surface area contributed by atoms with Crippen molar-refractivity contribution in [3.63, 3.8) is 0 Å². The van der Waals surface area contributed by atoms with Crippen LogP contribution in [0.3, 0.4) is 0 Å². The van der Waals surface area contributed by atoms with Gasteiger partial charge in [-0.1, -0.05) is 30.3 Å². The Balaban J connectivity index is 1.41. The third-order valence-electron chi connectivity index (χ3n) is 4.61. The van der Waals surface area contributed by atoms with Crippen LogP contribution in [0.1, 0.15) is 18.4 Å². The molecule has 1 unspecified atom stereocenters. The van der Waals surface area contributed by atoms with E-state index < -0.39 is 6.04 Å². The molecular formula is C18H26N4O2. The fourth-order valence-electron chi connectivity index (χ4n) is 3.02. The van der Waals surface area contributed by atoms with Gasteiger partial charge in [0.25, 0.3) is 0 Å². The Kier molecular flexibility index (Phi) is 5.48. The van der Waals surface area contributed by atoms with Crippen molar-refractivity contribution in [1.29, 1.82) is 0 Å². The molecule has 0 bridgehead atoms. The van der Waals surface area contributed by atoms with E-state index in [0.29, 0.717) is 32.1 Å². The molecule has 1 aromatic carbocycles. The molecule has 0 spiro atoms. The van der Waals surface area contributed by atoms with Crippen LogP contribution in [-0.4, -0.2) is 66.4 Å². The van der Waals surface area contributed by atoms with E-state index in [4.69, 9.17) is 5.73 Å². The summed E-state index contributed by atoms with van der Waals surface area (Å²) >= 11 is 0. The molecule has 1 saturated carbocycles. The van der Waals surface area contributed by atoms with Crippen LogP contribution < -0.4 is 11.1 Å². The zero-order valence-corrected chi connectivity index (χ0v) is 14.0. The summed E-state index contributed by atoms with van der Waals surface area (Å²) in [4.78, 5) is 28.2. The van der Waals surface area contributed by atoms with Gasteiger partial charge in [0.1, 0.15) is 0 Å². The second-order valence-electron chi connectivity index (χ2n) is 6.74. The van der Waals surface area contributed by atoms with Crippen molar-refractivity contribution in [3.8, 4) is 0 Å².